The zero-order valence-corrected chi connectivity index (χ0v) is 12.3. The highest BCUT2D eigenvalue weighted by molar-refractivity contribution is 6.25. The van der Waals surface area contributed by atoms with Gasteiger partial charge in [0.05, 0.1) is 0 Å². The Morgan fingerprint density at radius 3 is 2.10 bits per heavy atom. The third kappa shape index (κ3) is 1.68. The van der Waals surface area contributed by atoms with Gasteiger partial charge in [0, 0.05) is 5.54 Å². The predicted octanol–water partition coefficient (Wildman–Crippen LogP) is 3.35. The van der Waals surface area contributed by atoms with E-state index in [0.717, 1.165) is 13.0 Å². The van der Waals surface area contributed by atoms with E-state index in [9.17, 15) is 0 Å². The number of rotatable bonds is 2. The molecule has 3 heteroatoms. The molecule has 0 aromatic heterocycles. The Hall–Kier alpha value is -1.58. The summed E-state index contributed by atoms with van der Waals surface area (Å²) in [5, 5.41) is 0. The molecule has 0 spiro atoms. The number of hydrogen-bond acceptors (Lipinski definition) is 2. The fourth-order valence-electron chi connectivity index (χ4n) is 4.07. The number of hydrogen-bond donors (Lipinski definition) is 0. The molecule has 2 heterocycles. The highest BCUT2D eigenvalue weighted by atomic mass is 16.5. The summed E-state index contributed by atoms with van der Waals surface area (Å²) in [5.74, 6) is 0. The lowest BCUT2D eigenvalue weighted by Gasteiger charge is -2.44. The fraction of sp³-hybridized carbons (Fsp3) is 0.333. The molecular weight excluding hydrogens is 257 g/mol. The molecule has 2 nitrogen and oxygen atoms in total. The normalized spacial score (nSPS) is 27.3. The van der Waals surface area contributed by atoms with Crippen molar-refractivity contribution < 1.29 is 4.65 Å². The molecule has 0 amide bonds. The van der Waals surface area contributed by atoms with Crippen molar-refractivity contribution in [1.29, 1.82) is 0 Å². The van der Waals surface area contributed by atoms with Crippen LogP contribution in [0.15, 0.2) is 60.7 Å². The molecule has 105 valence electrons. The highest BCUT2D eigenvalue weighted by Gasteiger charge is 2.61. The second-order valence-electron chi connectivity index (χ2n) is 6.21. The van der Waals surface area contributed by atoms with Gasteiger partial charge in [-0.2, -0.15) is 0 Å². The second-order valence-corrected chi connectivity index (χ2v) is 6.21. The molecule has 2 aliphatic rings. The summed E-state index contributed by atoms with van der Waals surface area (Å²) in [6.45, 7) is 3.42. The standard InChI is InChI=1S/C18H19BNO/c1-17-13-8-14-20(17)19-21-18(17,15-9-4-2-5-10-15)16-11-6-3-7-12-16/h2-7,9-12H,8,13-14H2,1H3. The van der Waals surface area contributed by atoms with Crippen molar-refractivity contribution in [2.75, 3.05) is 6.54 Å². The lowest BCUT2D eigenvalue weighted by molar-refractivity contribution is 0.0478. The SMILES string of the molecule is CC12CCCN1[B]OC2(c1ccccc1)c1ccccc1. The summed E-state index contributed by atoms with van der Waals surface area (Å²) in [6, 6.07) is 21.3. The highest BCUT2D eigenvalue weighted by Crippen LogP contribution is 2.53. The van der Waals surface area contributed by atoms with Crippen molar-refractivity contribution in [2.45, 2.75) is 30.9 Å². The maximum Gasteiger partial charge on any atom is 0.400 e. The quantitative estimate of drug-likeness (QED) is 0.780. The third-order valence-corrected chi connectivity index (χ3v) is 5.17. The summed E-state index contributed by atoms with van der Waals surface area (Å²) in [6.07, 6.45) is 2.37. The van der Waals surface area contributed by atoms with Crippen LogP contribution in [-0.4, -0.2) is 24.5 Å². The van der Waals surface area contributed by atoms with Gasteiger partial charge >= 0.3 is 7.62 Å². The van der Waals surface area contributed by atoms with Crippen molar-refractivity contribution in [3.63, 3.8) is 0 Å². The van der Waals surface area contributed by atoms with E-state index in [2.05, 4.69) is 72.4 Å². The van der Waals surface area contributed by atoms with Gasteiger partial charge in [-0.25, -0.2) is 0 Å². The molecule has 1 radical (unpaired) electrons. The molecule has 0 N–H and O–H groups in total. The smallest absolute Gasteiger partial charge is 0.400 e. The first-order chi connectivity index (χ1) is 10.3. The molecule has 1 unspecified atom stereocenters. The van der Waals surface area contributed by atoms with Crippen LogP contribution in [0.4, 0.5) is 0 Å². The van der Waals surface area contributed by atoms with E-state index < -0.39 is 5.60 Å². The molecule has 4 rings (SSSR count). The molecule has 2 fully saturated rings. The van der Waals surface area contributed by atoms with Crippen LogP contribution in [0.1, 0.15) is 30.9 Å². The predicted molar refractivity (Wildman–Crippen MR) is 84.8 cm³/mol. The van der Waals surface area contributed by atoms with Crippen LogP contribution in [0, 0.1) is 0 Å². The minimum Gasteiger partial charge on any atom is -0.409 e. The van der Waals surface area contributed by atoms with Crippen LogP contribution in [0.5, 0.6) is 0 Å². The Morgan fingerprint density at radius 1 is 0.952 bits per heavy atom. The third-order valence-electron chi connectivity index (χ3n) is 5.17. The maximum absolute atomic E-state index is 6.38. The summed E-state index contributed by atoms with van der Waals surface area (Å²) in [4.78, 5) is 2.38. The molecule has 2 saturated heterocycles. The summed E-state index contributed by atoms with van der Waals surface area (Å²) >= 11 is 0. The molecule has 2 aromatic carbocycles. The Balaban J connectivity index is 1.96. The van der Waals surface area contributed by atoms with Crippen LogP contribution in [-0.2, 0) is 10.3 Å². The molecule has 0 aliphatic carbocycles. The first kappa shape index (κ1) is 13.1. The fourth-order valence-corrected chi connectivity index (χ4v) is 4.07. The molecule has 2 aromatic rings. The second kappa shape index (κ2) is 4.72. The van der Waals surface area contributed by atoms with E-state index in [1.807, 2.05) is 7.62 Å². The van der Waals surface area contributed by atoms with E-state index >= 15 is 0 Å². The van der Waals surface area contributed by atoms with Crippen molar-refractivity contribution in [1.82, 2.24) is 4.81 Å². The van der Waals surface area contributed by atoms with Gasteiger partial charge in [-0.1, -0.05) is 60.7 Å². The van der Waals surface area contributed by atoms with E-state index in [1.165, 1.54) is 17.5 Å². The van der Waals surface area contributed by atoms with E-state index in [0.29, 0.717) is 0 Å². The van der Waals surface area contributed by atoms with Crippen LogP contribution < -0.4 is 0 Å². The largest absolute Gasteiger partial charge is 0.409 e. The van der Waals surface area contributed by atoms with Gasteiger partial charge in [-0.05, 0) is 37.4 Å². The summed E-state index contributed by atoms with van der Waals surface area (Å²) in [5.41, 5.74) is 2.04. The topological polar surface area (TPSA) is 12.5 Å². The molecule has 0 bridgehead atoms. The summed E-state index contributed by atoms with van der Waals surface area (Å²) in [7, 11) is 1.95. The first-order valence-electron chi connectivity index (χ1n) is 7.66. The Kier molecular flexibility index (Phi) is 2.95. The molecule has 2 aliphatic heterocycles. The average Bonchev–Trinajstić information content (AvgIpc) is 3.04. The van der Waals surface area contributed by atoms with Crippen LogP contribution in [0.3, 0.4) is 0 Å². The zero-order chi connectivity index (χ0) is 14.3. The number of fused-ring (bicyclic) bond motifs is 1. The lowest BCUT2D eigenvalue weighted by atomic mass is 9.71. The van der Waals surface area contributed by atoms with Crippen molar-refractivity contribution in [2.24, 2.45) is 0 Å². The van der Waals surface area contributed by atoms with Crippen molar-refractivity contribution in [3.8, 4) is 0 Å². The maximum atomic E-state index is 6.38. The van der Waals surface area contributed by atoms with Gasteiger partial charge < -0.3 is 9.47 Å². The number of benzene rings is 2. The molecule has 0 saturated carbocycles. The van der Waals surface area contributed by atoms with Gasteiger partial charge in [0.1, 0.15) is 5.60 Å². The van der Waals surface area contributed by atoms with Crippen molar-refractivity contribution in [3.05, 3.63) is 71.8 Å². The Morgan fingerprint density at radius 2 is 1.52 bits per heavy atom. The average molecular weight is 276 g/mol. The van der Waals surface area contributed by atoms with Gasteiger partial charge in [-0.15, -0.1) is 0 Å². The molecule has 21 heavy (non-hydrogen) atoms. The first-order valence-corrected chi connectivity index (χ1v) is 7.66. The molecule has 1 atom stereocenters. The summed E-state index contributed by atoms with van der Waals surface area (Å²) < 4.78 is 6.38. The van der Waals surface area contributed by atoms with Crippen LogP contribution in [0.2, 0.25) is 0 Å². The van der Waals surface area contributed by atoms with Crippen molar-refractivity contribution >= 4 is 7.62 Å². The van der Waals surface area contributed by atoms with E-state index in [-0.39, 0.29) is 5.54 Å². The van der Waals surface area contributed by atoms with Crippen LogP contribution in [0.25, 0.3) is 0 Å². The minimum atomic E-state index is -0.411. The van der Waals surface area contributed by atoms with Gasteiger partial charge in [-0.3, -0.25) is 0 Å². The lowest BCUT2D eigenvalue weighted by Crippen LogP contribution is -2.51. The van der Waals surface area contributed by atoms with E-state index in [1.54, 1.807) is 0 Å². The van der Waals surface area contributed by atoms with Gasteiger partial charge in [0.25, 0.3) is 0 Å². The molecular formula is C18H19BNO. The minimum absolute atomic E-state index is 0.0181. The Labute approximate surface area is 127 Å². The van der Waals surface area contributed by atoms with Gasteiger partial charge in [0.2, 0.25) is 0 Å². The monoisotopic (exact) mass is 276 g/mol. The zero-order valence-electron chi connectivity index (χ0n) is 12.3. The van der Waals surface area contributed by atoms with Crippen LogP contribution >= 0.6 is 0 Å². The Bertz CT molecular complexity index is 591. The van der Waals surface area contributed by atoms with Gasteiger partial charge in [0.15, 0.2) is 0 Å². The van der Waals surface area contributed by atoms with E-state index in [4.69, 9.17) is 4.65 Å². The number of nitrogens with zero attached hydrogens (tertiary/aromatic N) is 1.